The highest BCUT2D eigenvalue weighted by atomic mass is 15.2. The normalized spacial score (nSPS) is 20.3. The first kappa shape index (κ1) is 12.8. The van der Waals surface area contributed by atoms with Gasteiger partial charge in [-0.15, -0.1) is 0 Å². The molecule has 0 radical (unpaired) electrons. The molecule has 0 aromatic heterocycles. The molecule has 3 rings (SSSR count). The van der Waals surface area contributed by atoms with Gasteiger partial charge in [-0.1, -0.05) is 6.07 Å². The van der Waals surface area contributed by atoms with Crippen molar-refractivity contribution < 1.29 is 0 Å². The van der Waals surface area contributed by atoms with Gasteiger partial charge in [0.1, 0.15) is 0 Å². The fourth-order valence-electron chi connectivity index (χ4n) is 3.29. The smallest absolute Gasteiger partial charge is 0.0393 e. The zero-order chi connectivity index (χ0) is 13.2. The summed E-state index contributed by atoms with van der Waals surface area (Å²) in [6.45, 7) is 3.49. The van der Waals surface area contributed by atoms with E-state index in [1.54, 1.807) is 0 Å². The Morgan fingerprint density at radius 2 is 2.00 bits per heavy atom. The van der Waals surface area contributed by atoms with Crippen molar-refractivity contribution in [3.05, 3.63) is 23.8 Å². The van der Waals surface area contributed by atoms with E-state index in [1.807, 2.05) is 0 Å². The second-order valence-electron chi connectivity index (χ2n) is 6.05. The van der Waals surface area contributed by atoms with Crippen LogP contribution in [0, 0.1) is 0 Å². The molecule has 104 valence electrons. The SMILES string of the molecule is CN(C)C1CCN(c2ccc3c(c2)NCCC3)CC1. The molecule has 0 unspecified atom stereocenters. The van der Waals surface area contributed by atoms with Gasteiger partial charge in [0.15, 0.2) is 0 Å². The summed E-state index contributed by atoms with van der Waals surface area (Å²) >= 11 is 0. The summed E-state index contributed by atoms with van der Waals surface area (Å²) in [4.78, 5) is 4.91. The first-order valence-corrected chi connectivity index (χ1v) is 7.52. The van der Waals surface area contributed by atoms with Crippen molar-refractivity contribution in [2.24, 2.45) is 0 Å². The maximum absolute atomic E-state index is 3.53. The summed E-state index contributed by atoms with van der Waals surface area (Å²) < 4.78 is 0. The van der Waals surface area contributed by atoms with Crippen LogP contribution in [0.1, 0.15) is 24.8 Å². The lowest BCUT2D eigenvalue weighted by Gasteiger charge is -2.37. The minimum atomic E-state index is 0.756. The number of hydrogen-bond donors (Lipinski definition) is 1. The van der Waals surface area contributed by atoms with Crippen molar-refractivity contribution in [2.45, 2.75) is 31.7 Å². The van der Waals surface area contributed by atoms with E-state index in [-0.39, 0.29) is 0 Å². The third-order valence-corrected chi connectivity index (χ3v) is 4.59. The Morgan fingerprint density at radius 3 is 2.74 bits per heavy atom. The highest BCUT2D eigenvalue weighted by Crippen LogP contribution is 2.29. The van der Waals surface area contributed by atoms with Gasteiger partial charge in [0.2, 0.25) is 0 Å². The first-order chi connectivity index (χ1) is 9.24. The third kappa shape index (κ3) is 2.71. The van der Waals surface area contributed by atoms with Crippen LogP contribution in [0.5, 0.6) is 0 Å². The molecule has 2 heterocycles. The molecule has 0 saturated carbocycles. The van der Waals surface area contributed by atoms with Crippen LogP contribution in [0.3, 0.4) is 0 Å². The van der Waals surface area contributed by atoms with E-state index in [2.05, 4.69) is 47.4 Å². The van der Waals surface area contributed by atoms with E-state index in [9.17, 15) is 0 Å². The van der Waals surface area contributed by atoms with Crippen LogP contribution in [0.15, 0.2) is 18.2 Å². The van der Waals surface area contributed by atoms with Gasteiger partial charge in [-0.2, -0.15) is 0 Å². The summed E-state index contributed by atoms with van der Waals surface area (Å²) in [5, 5.41) is 3.53. The maximum Gasteiger partial charge on any atom is 0.0393 e. The van der Waals surface area contributed by atoms with E-state index in [4.69, 9.17) is 0 Å². The number of fused-ring (bicyclic) bond motifs is 1. The van der Waals surface area contributed by atoms with Crippen LogP contribution in [0.25, 0.3) is 0 Å². The summed E-state index contributed by atoms with van der Waals surface area (Å²) in [5.41, 5.74) is 4.24. The van der Waals surface area contributed by atoms with Gasteiger partial charge >= 0.3 is 0 Å². The highest BCUT2D eigenvalue weighted by molar-refractivity contribution is 5.63. The van der Waals surface area contributed by atoms with Crippen LogP contribution < -0.4 is 10.2 Å². The quantitative estimate of drug-likeness (QED) is 0.880. The first-order valence-electron chi connectivity index (χ1n) is 7.52. The lowest BCUT2D eigenvalue weighted by Crippen LogP contribution is -2.42. The third-order valence-electron chi connectivity index (χ3n) is 4.59. The van der Waals surface area contributed by atoms with E-state index < -0.39 is 0 Å². The molecule has 1 N–H and O–H groups in total. The van der Waals surface area contributed by atoms with E-state index in [1.165, 1.54) is 55.7 Å². The minimum absolute atomic E-state index is 0.756. The summed E-state index contributed by atoms with van der Waals surface area (Å²) in [6, 6.07) is 7.73. The number of benzene rings is 1. The zero-order valence-electron chi connectivity index (χ0n) is 12.2. The number of nitrogens with one attached hydrogen (secondary N) is 1. The number of nitrogens with zero attached hydrogens (tertiary/aromatic N) is 2. The topological polar surface area (TPSA) is 18.5 Å². The van der Waals surface area contributed by atoms with Crippen LogP contribution >= 0.6 is 0 Å². The Hall–Kier alpha value is -1.22. The van der Waals surface area contributed by atoms with Crippen LogP contribution in [-0.2, 0) is 6.42 Å². The molecule has 1 saturated heterocycles. The minimum Gasteiger partial charge on any atom is -0.385 e. The van der Waals surface area contributed by atoms with Gasteiger partial charge < -0.3 is 15.1 Å². The molecule has 0 bridgehead atoms. The molecule has 1 aromatic carbocycles. The Balaban J connectivity index is 1.70. The monoisotopic (exact) mass is 259 g/mol. The zero-order valence-corrected chi connectivity index (χ0v) is 12.2. The second-order valence-corrected chi connectivity index (χ2v) is 6.05. The molecule has 19 heavy (non-hydrogen) atoms. The van der Waals surface area contributed by atoms with Crippen molar-refractivity contribution in [1.29, 1.82) is 0 Å². The van der Waals surface area contributed by atoms with Gasteiger partial charge in [0.25, 0.3) is 0 Å². The Morgan fingerprint density at radius 1 is 1.21 bits per heavy atom. The highest BCUT2D eigenvalue weighted by Gasteiger charge is 2.21. The molecule has 0 aliphatic carbocycles. The van der Waals surface area contributed by atoms with Crippen molar-refractivity contribution in [3.8, 4) is 0 Å². The van der Waals surface area contributed by atoms with Gasteiger partial charge in [0.05, 0.1) is 0 Å². The van der Waals surface area contributed by atoms with Crippen LogP contribution in [0.2, 0.25) is 0 Å². The lowest BCUT2D eigenvalue weighted by molar-refractivity contribution is 0.249. The average Bonchev–Trinajstić information content (AvgIpc) is 2.47. The molecule has 2 aliphatic heterocycles. The molecule has 0 amide bonds. The van der Waals surface area contributed by atoms with Crippen molar-refractivity contribution in [2.75, 3.05) is 43.9 Å². The number of piperidine rings is 1. The second kappa shape index (κ2) is 5.41. The predicted molar refractivity (Wildman–Crippen MR) is 82.2 cm³/mol. The number of rotatable bonds is 2. The number of hydrogen-bond acceptors (Lipinski definition) is 3. The molecule has 3 heteroatoms. The largest absolute Gasteiger partial charge is 0.385 e. The molecule has 1 fully saturated rings. The lowest BCUT2D eigenvalue weighted by atomic mass is 10.0. The maximum atomic E-state index is 3.53. The Labute approximate surface area is 116 Å². The standard InChI is InChI=1S/C16H25N3/c1-18(2)14-7-10-19(11-8-14)15-6-5-13-4-3-9-17-16(13)12-15/h5-6,12,14,17H,3-4,7-11H2,1-2H3. The predicted octanol–water partition coefficient (Wildman–Crippen LogP) is 2.58. The molecular formula is C16H25N3. The van der Waals surface area contributed by atoms with Crippen molar-refractivity contribution in [3.63, 3.8) is 0 Å². The van der Waals surface area contributed by atoms with Crippen LogP contribution in [-0.4, -0.2) is 44.7 Å². The number of aryl methyl sites for hydroxylation is 1. The molecule has 0 spiro atoms. The van der Waals surface area contributed by atoms with Gasteiger partial charge in [-0.25, -0.2) is 0 Å². The fraction of sp³-hybridized carbons (Fsp3) is 0.625. The molecule has 0 atom stereocenters. The van der Waals surface area contributed by atoms with Crippen molar-refractivity contribution in [1.82, 2.24) is 4.90 Å². The molecule has 1 aromatic rings. The van der Waals surface area contributed by atoms with E-state index >= 15 is 0 Å². The molecule has 3 nitrogen and oxygen atoms in total. The van der Waals surface area contributed by atoms with Crippen molar-refractivity contribution >= 4 is 11.4 Å². The van der Waals surface area contributed by atoms with Gasteiger partial charge in [-0.05, 0) is 57.5 Å². The summed E-state index contributed by atoms with van der Waals surface area (Å²) in [5.74, 6) is 0. The molecule has 2 aliphatic rings. The summed E-state index contributed by atoms with van der Waals surface area (Å²) in [6.07, 6.45) is 5.04. The molecular weight excluding hydrogens is 234 g/mol. The van der Waals surface area contributed by atoms with Gasteiger partial charge in [-0.3, -0.25) is 0 Å². The average molecular weight is 259 g/mol. The van der Waals surface area contributed by atoms with Crippen LogP contribution in [0.4, 0.5) is 11.4 Å². The Bertz CT molecular complexity index is 434. The number of anilines is 2. The van der Waals surface area contributed by atoms with Gasteiger partial charge in [0, 0.05) is 37.1 Å². The fourth-order valence-corrected chi connectivity index (χ4v) is 3.29. The van der Waals surface area contributed by atoms with E-state index in [0.29, 0.717) is 0 Å². The Kier molecular flexibility index (Phi) is 3.65. The van der Waals surface area contributed by atoms with E-state index in [0.717, 1.165) is 12.6 Å². The summed E-state index contributed by atoms with van der Waals surface area (Å²) in [7, 11) is 4.40.